The van der Waals surface area contributed by atoms with Gasteiger partial charge in [0.15, 0.2) is 11.3 Å². The molecule has 5 atom stereocenters. The summed E-state index contributed by atoms with van der Waals surface area (Å²) in [5.74, 6) is 0.219. The highest BCUT2D eigenvalue weighted by Gasteiger charge is 2.54. The first kappa shape index (κ1) is 32.4. The van der Waals surface area contributed by atoms with Crippen molar-refractivity contribution in [1.29, 1.82) is 0 Å². The van der Waals surface area contributed by atoms with Crippen molar-refractivity contribution in [2.45, 2.75) is 51.4 Å². The third-order valence-electron chi connectivity index (χ3n) is 6.27. The molecule has 1 aliphatic heterocycles. The van der Waals surface area contributed by atoms with Crippen LogP contribution in [0.2, 0.25) is 0 Å². The molecule has 2 heterocycles. The van der Waals surface area contributed by atoms with E-state index in [9.17, 15) is 29.5 Å². The minimum Gasteiger partial charge on any atom is -0.481 e. The molecule has 40 heavy (non-hydrogen) atoms. The molecule has 0 saturated carbocycles. The van der Waals surface area contributed by atoms with E-state index < -0.39 is 49.5 Å². The number of rotatable bonds is 14. The van der Waals surface area contributed by atoms with E-state index >= 15 is 0 Å². The minimum atomic E-state index is -4.02. The van der Waals surface area contributed by atoms with Crippen molar-refractivity contribution in [2.75, 3.05) is 32.7 Å². The first-order valence-corrected chi connectivity index (χ1v) is 15.0. The van der Waals surface area contributed by atoms with Gasteiger partial charge in [0.25, 0.3) is 0 Å². The van der Waals surface area contributed by atoms with Crippen LogP contribution < -0.4 is 15.5 Å². The second kappa shape index (κ2) is 13.7. The number of ether oxygens (including phenoxy) is 2. The van der Waals surface area contributed by atoms with E-state index in [0.29, 0.717) is 0 Å². The Morgan fingerprint density at radius 1 is 1.27 bits per heavy atom. The Balaban J connectivity index is 1.69. The number of methoxy groups -OCH3 is 1. The highest BCUT2D eigenvalue weighted by Crippen LogP contribution is 2.46. The number of aliphatic hydroxyl groups excluding tert-OH is 2. The first-order valence-electron chi connectivity index (χ1n) is 12.5. The molecular formula is C25H36N3O10PS. The molecule has 222 valence electrons. The fourth-order valence-corrected chi connectivity index (χ4v) is 5.94. The molecule has 1 aliphatic rings. The van der Waals surface area contributed by atoms with Gasteiger partial charge < -0.3 is 24.8 Å². The highest BCUT2D eigenvalue weighted by atomic mass is 32.2. The summed E-state index contributed by atoms with van der Waals surface area (Å²) in [5.41, 5.74) is -2.82. The number of nitrogens with one attached hydrogen (secondary N) is 1. The Hall–Kier alpha value is -2.13. The van der Waals surface area contributed by atoms with E-state index in [1.807, 2.05) is 30.3 Å². The Morgan fingerprint density at radius 2 is 1.98 bits per heavy atom. The molecular weight excluding hydrogens is 565 g/mol. The maximum Gasteiger partial charge on any atom is 0.405 e. The molecule has 15 heteroatoms. The predicted octanol–water partition coefficient (Wildman–Crippen LogP) is 1.47. The van der Waals surface area contributed by atoms with Gasteiger partial charge in [-0.1, -0.05) is 42.1 Å². The van der Waals surface area contributed by atoms with Crippen molar-refractivity contribution >= 4 is 24.6 Å². The molecule has 1 saturated heterocycles. The number of hydrogen-bond donors (Lipinski definition) is 4. The Kier molecular flexibility index (Phi) is 11.1. The number of thioether (sulfide) groups is 1. The second-order valence-corrected chi connectivity index (χ2v) is 12.9. The van der Waals surface area contributed by atoms with Gasteiger partial charge in [0.05, 0.1) is 32.3 Å². The summed E-state index contributed by atoms with van der Waals surface area (Å²) in [7, 11) is -2.67. The highest BCUT2D eigenvalue weighted by molar-refractivity contribution is 8.13. The van der Waals surface area contributed by atoms with Gasteiger partial charge in [-0.3, -0.25) is 18.4 Å². The van der Waals surface area contributed by atoms with Crippen LogP contribution in [0.15, 0.2) is 47.4 Å². The zero-order chi connectivity index (χ0) is 29.6. The quantitative estimate of drug-likeness (QED) is 0.181. The fraction of sp³-hybridized carbons (Fsp3) is 0.560. The average Bonchev–Trinajstić information content (AvgIpc) is 3.17. The van der Waals surface area contributed by atoms with Gasteiger partial charge >= 0.3 is 13.4 Å². The molecule has 13 nitrogen and oxygen atoms in total. The van der Waals surface area contributed by atoms with Crippen molar-refractivity contribution in [3.63, 3.8) is 0 Å². The van der Waals surface area contributed by atoms with Crippen molar-refractivity contribution in [3.8, 4) is 5.88 Å². The van der Waals surface area contributed by atoms with Crippen LogP contribution in [0.1, 0.15) is 32.6 Å². The second-order valence-electron chi connectivity index (χ2n) is 9.98. The van der Waals surface area contributed by atoms with Crippen LogP contribution in [0.3, 0.4) is 0 Å². The van der Waals surface area contributed by atoms with Gasteiger partial charge in [0.2, 0.25) is 5.88 Å². The van der Waals surface area contributed by atoms with Crippen LogP contribution in [0.5, 0.6) is 5.88 Å². The molecule has 1 aromatic heterocycles. The van der Waals surface area contributed by atoms with Crippen molar-refractivity contribution < 1.29 is 43.2 Å². The molecule has 0 aliphatic carbocycles. The van der Waals surface area contributed by atoms with Crippen LogP contribution in [0, 0.1) is 5.41 Å². The summed E-state index contributed by atoms with van der Waals surface area (Å²) in [6.45, 7) is 3.75. The standard InChI is InChI=1S/C25H36N3O10PS/c1-24(2,16-29)22(31)40-13-12-36-39(34,26-14-17-8-6-5-7-9-17)37-15-18-20(30)25(3,33)21(38-18)28-11-10-19(35-4)27-23(28)32/h5-11,18,20-21,29-30,33H,12-16H2,1-4H3,(H,26,34)/t18-,20?,21-,25+,39?/m1/s1. The Morgan fingerprint density at radius 3 is 2.60 bits per heavy atom. The molecule has 2 aromatic rings. The zero-order valence-electron chi connectivity index (χ0n) is 22.8. The average molecular weight is 602 g/mol. The molecule has 0 amide bonds. The minimum absolute atomic E-state index is 0.0710. The van der Waals surface area contributed by atoms with Crippen molar-refractivity contribution in [1.82, 2.24) is 14.6 Å². The lowest BCUT2D eigenvalue weighted by atomic mass is 9.96. The number of benzene rings is 1. The number of nitrogens with zero attached hydrogens (tertiary/aromatic N) is 2. The van der Waals surface area contributed by atoms with Crippen molar-refractivity contribution in [2.24, 2.45) is 5.41 Å². The summed E-state index contributed by atoms with van der Waals surface area (Å²) in [6, 6.07) is 10.5. The number of carbonyl (C=O) groups excluding carboxylic acids is 1. The van der Waals surface area contributed by atoms with Gasteiger partial charge in [-0.2, -0.15) is 4.98 Å². The van der Waals surface area contributed by atoms with E-state index in [1.165, 1.54) is 26.3 Å². The van der Waals surface area contributed by atoms with Gasteiger partial charge in [-0.05, 0) is 26.3 Å². The van der Waals surface area contributed by atoms with E-state index in [2.05, 4.69) is 10.1 Å². The van der Waals surface area contributed by atoms with E-state index in [-0.39, 0.29) is 36.5 Å². The monoisotopic (exact) mass is 601 g/mol. The lowest BCUT2D eigenvalue weighted by Gasteiger charge is -2.27. The number of hydrogen-bond acceptors (Lipinski definition) is 12. The van der Waals surface area contributed by atoms with E-state index in [4.69, 9.17) is 18.5 Å². The number of aromatic nitrogens is 2. The van der Waals surface area contributed by atoms with Gasteiger partial charge in [0, 0.05) is 24.6 Å². The smallest absolute Gasteiger partial charge is 0.405 e. The summed E-state index contributed by atoms with van der Waals surface area (Å²) in [6.07, 6.45) is -2.72. The van der Waals surface area contributed by atoms with Gasteiger partial charge in [0.1, 0.15) is 17.8 Å². The third-order valence-corrected chi connectivity index (χ3v) is 9.02. The topological polar surface area (TPSA) is 179 Å². The summed E-state index contributed by atoms with van der Waals surface area (Å²) >= 11 is 0.935. The summed E-state index contributed by atoms with van der Waals surface area (Å²) < 4.78 is 36.5. The van der Waals surface area contributed by atoms with Crippen LogP contribution in [0.4, 0.5) is 0 Å². The number of aliphatic hydroxyl groups is 3. The molecule has 3 rings (SSSR count). The summed E-state index contributed by atoms with van der Waals surface area (Å²) in [4.78, 5) is 28.4. The SMILES string of the molecule is COc1ccn([C@@H]2O[C@H](COP(=O)(NCc3ccccc3)OCCSC(=O)C(C)(C)CO)C(O)[C@]2(C)O)c(=O)n1. The maximum atomic E-state index is 13.6. The van der Waals surface area contributed by atoms with Gasteiger partial charge in [-0.15, -0.1) is 0 Å². The van der Waals surface area contributed by atoms with Crippen molar-refractivity contribution in [3.05, 3.63) is 58.6 Å². The van der Waals surface area contributed by atoms with Crippen LogP contribution in [0.25, 0.3) is 0 Å². The molecule has 1 aromatic carbocycles. The molecule has 2 unspecified atom stereocenters. The molecule has 0 radical (unpaired) electrons. The summed E-state index contributed by atoms with van der Waals surface area (Å²) in [5, 5.41) is 33.7. The van der Waals surface area contributed by atoms with Crippen LogP contribution in [-0.4, -0.2) is 80.5 Å². The fourth-order valence-electron chi connectivity index (χ4n) is 3.70. The Labute approximate surface area is 236 Å². The van der Waals surface area contributed by atoms with Crippen LogP contribution in [-0.2, 0) is 29.7 Å². The van der Waals surface area contributed by atoms with Gasteiger partial charge in [-0.25, -0.2) is 14.4 Å². The van der Waals surface area contributed by atoms with E-state index in [1.54, 1.807) is 13.8 Å². The van der Waals surface area contributed by atoms with Crippen LogP contribution >= 0.6 is 19.5 Å². The first-order chi connectivity index (χ1) is 18.8. The molecule has 0 bridgehead atoms. The largest absolute Gasteiger partial charge is 0.481 e. The predicted molar refractivity (Wildman–Crippen MR) is 147 cm³/mol. The Bertz CT molecular complexity index is 1240. The molecule has 1 fully saturated rings. The lowest BCUT2D eigenvalue weighted by Crippen LogP contribution is -2.46. The number of carbonyl (C=O) groups is 1. The molecule has 0 spiro atoms. The third kappa shape index (κ3) is 7.99. The lowest BCUT2D eigenvalue weighted by molar-refractivity contribution is -0.119. The maximum absolute atomic E-state index is 13.6. The molecule has 4 N–H and O–H groups in total. The normalized spacial score (nSPS) is 24.5. The zero-order valence-corrected chi connectivity index (χ0v) is 24.5. The van der Waals surface area contributed by atoms with E-state index in [0.717, 1.165) is 21.9 Å².